The molecule has 0 saturated heterocycles. The topological polar surface area (TPSA) is 63.5 Å². The molecule has 3 rings (SSSR count). The van der Waals surface area contributed by atoms with E-state index in [2.05, 4.69) is 20.7 Å². The molecular formula is C20H29N5O. The van der Waals surface area contributed by atoms with Crippen LogP contribution in [0.25, 0.3) is 5.69 Å². The van der Waals surface area contributed by atoms with Crippen LogP contribution < -0.4 is 10.6 Å². The summed E-state index contributed by atoms with van der Waals surface area (Å²) in [5.74, 6) is 0.834. The summed E-state index contributed by atoms with van der Waals surface area (Å²) in [6.45, 7) is 2.46. The Morgan fingerprint density at radius 2 is 2.08 bits per heavy atom. The summed E-state index contributed by atoms with van der Waals surface area (Å²) in [4.78, 5) is 4.35. The molecule has 1 aliphatic carbocycles. The molecule has 1 aromatic heterocycles. The summed E-state index contributed by atoms with van der Waals surface area (Å²) in [6.07, 6.45) is 8.89. The minimum absolute atomic E-state index is 0.367. The quantitative estimate of drug-likeness (QED) is 0.565. The molecule has 0 aliphatic heterocycles. The van der Waals surface area contributed by atoms with E-state index in [-0.39, 0.29) is 0 Å². The molecule has 140 valence electrons. The Hall–Kier alpha value is -2.34. The summed E-state index contributed by atoms with van der Waals surface area (Å²) in [5, 5.41) is 11.3. The smallest absolute Gasteiger partial charge is 0.191 e. The van der Waals surface area contributed by atoms with Crippen molar-refractivity contribution in [3.8, 4) is 5.69 Å². The molecule has 1 saturated carbocycles. The first kappa shape index (κ1) is 18.5. The summed E-state index contributed by atoms with van der Waals surface area (Å²) in [7, 11) is 3.58. The second-order valence-corrected chi connectivity index (χ2v) is 7.00. The van der Waals surface area contributed by atoms with Crippen LogP contribution in [-0.4, -0.2) is 43.0 Å². The maximum Gasteiger partial charge on any atom is 0.191 e. The number of aromatic nitrogens is 2. The molecule has 2 aromatic rings. The van der Waals surface area contributed by atoms with Crippen molar-refractivity contribution in [1.29, 1.82) is 0 Å². The van der Waals surface area contributed by atoms with Crippen molar-refractivity contribution >= 4 is 5.96 Å². The Bertz CT molecular complexity index is 706. The van der Waals surface area contributed by atoms with E-state index >= 15 is 0 Å². The maximum atomic E-state index is 5.27. The van der Waals surface area contributed by atoms with Gasteiger partial charge in [0.15, 0.2) is 5.96 Å². The van der Waals surface area contributed by atoms with Crippen LogP contribution in [0.5, 0.6) is 0 Å². The SMILES string of the molecule is CN=C(NCc1cnn(-c2ccccc2)c1)NCC1(CCOC)CCC1. The molecule has 1 heterocycles. The maximum absolute atomic E-state index is 5.27. The summed E-state index contributed by atoms with van der Waals surface area (Å²) >= 11 is 0. The van der Waals surface area contributed by atoms with Gasteiger partial charge >= 0.3 is 0 Å². The van der Waals surface area contributed by atoms with E-state index < -0.39 is 0 Å². The highest BCUT2D eigenvalue weighted by Crippen LogP contribution is 2.43. The molecule has 1 fully saturated rings. The zero-order chi connectivity index (χ0) is 18.2. The first-order valence-corrected chi connectivity index (χ1v) is 9.27. The molecular weight excluding hydrogens is 326 g/mol. The average molecular weight is 355 g/mol. The first-order valence-electron chi connectivity index (χ1n) is 9.27. The molecule has 2 N–H and O–H groups in total. The molecule has 0 amide bonds. The Morgan fingerprint density at radius 1 is 1.27 bits per heavy atom. The number of para-hydroxylation sites is 1. The molecule has 6 nitrogen and oxygen atoms in total. The van der Waals surface area contributed by atoms with Gasteiger partial charge in [-0.15, -0.1) is 0 Å². The number of rotatable bonds is 8. The number of benzene rings is 1. The lowest BCUT2D eigenvalue weighted by Crippen LogP contribution is -2.46. The molecule has 0 unspecified atom stereocenters. The van der Waals surface area contributed by atoms with Gasteiger partial charge in [-0.3, -0.25) is 4.99 Å². The fourth-order valence-corrected chi connectivity index (χ4v) is 3.36. The van der Waals surface area contributed by atoms with E-state index in [9.17, 15) is 0 Å². The number of ether oxygens (including phenoxy) is 1. The number of nitrogens with zero attached hydrogens (tertiary/aromatic N) is 3. The van der Waals surface area contributed by atoms with Gasteiger partial charge in [-0.1, -0.05) is 24.6 Å². The fraction of sp³-hybridized carbons (Fsp3) is 0.500. The standard InChI is InChI=1S/C20H29N5O/c1-21-19(23-16-20(9-6-10-20)11-12-26-2)22-13-17-14-24-25(15-17)18-7-4-3-5-8-18/h3-5,7-8,14-15H,6,9-13,16H2,1-2H3,(H2,21,22,23). The van der Waals surface area contributed by atoms with Crippen molar-refractivity contribution in [1.82, 2.24) is 20.4 Å². The van der Waals surface area contributed by atoms with Crippen LogP contribution in [0.2, 0.25) is 0 Å². The van der Waals surface area contributed by atoms with Gasteiger partial charge in [0.05, 0.1) is 11.9 Å². The summed E-state index contributed by atoms with van der Waals surface area (Å²) in [6, 6.07) is 10.1. The van der Waals surface area contributed by atoms with Crippen molar-refractivity contribution in [3.63, 3.8) is 0 Å². The number of nitrogens with one attached hydrogen (secondary N) is 2. The zero-order valence-electron chi connectivity index (χ0n) is 15.7. The molecule has 0 spiro atoms. The Morgan fingerprint density at radius 3 is 2.73 bits per heavy atom. The number of aliphatic imine (C=N–C) groups is 1. The lowest BCUT2D eigenvalue weighted by Gasteiger charge is -2.42. The van der Waals surface area contributed by atoms with Gasteiger partial charge in [0.2, 0.25) is 0 Å². The number of methoxy groups -OCH3 is 1. The van der Waals surface area contributed by atoms with Crippen molar-refractivity contribution < 1.29 is 4.74 Å². The van der Waals surface area contributed by atoms with Gasteiger partial charge < -0.3 is 15.4 Å². The van der Waals surface area contributed by atoms with Crippen molar-refractivity contribution in [2.75, 3.05) is 27.3 Å². The number of guanidine groups is 1. The minimum Gasteiger partial charge on any atom is -0.385 e. The fourth-order valence-electron chi connectivity index (χ4n) is 3.36. The number of hydrogen-bond acceptors (Lipinski definition) is 3. The Balaban J connectivity index is 1.49. The van der Waals surface area contributed by atoms with Crippen molar-refractivity contribution in [2.45, 2.75) is 32.2 Å². The minimum atomic E-state index is 0.367. The van der Waals surface area contributed by atoms with E-state index in [1.54, 1.807) is 7.11 Å². The van der Waals surface area contributed by atoms with E-state index in [0.717, 1.165) is 36.8 Å². The second kappa shape index (κ2) is 8.85. The van der Waals surface area contributed by atoms with Crippen LogP contribution in [0.1, 0.15) is 31.2 Å². The Kier molecular flexibility index (Phi) is 6.28. The highest BCUT2D eigenvalue weighted by atomic mass is 16.5. The zero-order valence-corrected chi connectivity index (χ0v) is 15.7. The molecule has 1 aromatic carbocycles. The van der Waals surface area contributed by atoms with Crippen LogP contribution >= 0.6 is 0 Å². The predicted molar refractivity (Wildman–Crippen MR) is 105 cm³/mol. The Labute approximate surface area is 155 Å². The first-order chi connectivity index (χ1) is 12.7. The summed E-state index contributed by atoms with van der Waals surface area (Å²) in [5.41, 5.74) is 2.55. The summed E-state index contributed by atoms with van der Waals surface area (Å²) < 4.78 is 7.16. The van der Waals surface area contributed by atoms with Gasteiger partial charge in [-0.25, -0.2) is 4.68 Å². The third kappa shape index (κ3) is 4.64. The monoisotopic (exact) mass is 355 g/mol. The van der Waals surface area contributed by atoms with Gasteiger partial charge in [-0.05, 0) is 36.8 Å². The molecule has 0 radical (unpaired) electrons. The van der Waals surface area contributed by atoms with Crippen molar-refractivity contribution in [3.05, 3.63) is 48.3 Å². The van der Waals surface area contributed by atoms with Crippen LogP contribution in [0.3, 0.4) is 0 Å². The van der Waals surface area contributed by atoms with E-state index in [4.69, 9.17) is 4.74 Å². The van der Waals surface area contributed by atoms with E-state index in [1.807, 2.05) is 54.5 Å². The molecule has 26 heavy (non-hydrogen) atoms. The van der Waals surface area contributed by atoms with Gasteiger partial charge in [-0.2, -0.15) is 5.10 Å². The molecule has 0 bridgehead atoms. The lowest BCUT2D eigenvalue weighted by molar-refractivity contribution is 0.0732. The average Bonchev–Trinajstić information content (AvgIpc) is 3.12. The highest BCUT2D eigenvalue weighted by Gasteiger charge is 2.36. The lowest BCUT2D eigenvalue weighted by atomic mass is 9.67. The largest absolute Gasteiger partial charge is 0.385 e. The van der Waals surface area contributed by atoms with Gasteiger partial charge in [0.1, 0.15) is 0 Å². The van der Waals surface area contributed by atoms with Crippen LogP contribution in [0, 0.1) is 5.41 Å². The highest BCUT2D eigenvalue weighted by molar-refractivity contribution is 5.79. The van der Waals surface area contributed by atoms with E-state index in [1.165, 1.54) is 19.3 Å². The van der Waals surface area contributed by atoms with Crippen LogP contribution in [0.4, 0.5) is 0 Å². The van der Waals surface area contributed by atoms with Crippen LogP contribution in [-0.2, 0) is 11.3 Å². The number of hydrogen-bond donors (Lipinski definition) is 2. The van der Waals surface area contributed by atoms with Gasteiger partial charge in [0.25, 0.3) is 0 Å². The third-order valence-electron chi connectivity index (χ3n) is 5.22. The van der Waals surface area contributed by atoms with Gasteiger partial charge in [0, 0.05) is 45.6 Å². The molecule has 0 atom stereocenters. The third-order valence-corrected chi connectivity index (χ3v) is 5.22. The van der Waals surface area contributed by atoms with Crippen molar-refractivity contribution in [2.24, 2.45) is 10.4 Å². The second-order valence-electron chi connectivity index (χ2n) is 7.00. The molecule has 1 aliphatic rings. The predicted octanol–water partition coefficient (Wildman–Crippen LogP) is 2.74. The van der Waals surface area contributed by atoms with Crippen LogP contribution in [0.15, 0.2) is 47.7 Å². The normalized spacial score (nSPS) is 16.2. The molecule has 6 heteroatoms. The van der Waals surface area contributed by atoms with E-state index in [0.29, 0.717) is 12.0 Å².